The summed E-state index contributed by atoms with van der Waals surface area (Å²) in [5, 5.41) is 0. The summed E-state index contributed by atoms with van der Waals surface area (Å²) in [5.41, 5.74) is 0. The highest BCUT2D eigenvalue weighted by molar-refractivity contribution is 5.92. The molecular weight excluding hydrogens is 398 g/mol. The number of urea groups is 1. The first-order chi connectivity index (χ1) is 14.7. The fourth-order valence-corrected chi connectivity index (χ4v) is 4.89. The Morgan fingerprint density at radius 3 is 2.26 bits per heavy atom. The van der Waals surface area contributed by atoms with Crippen molar-refractivity contribution in [1.29, 1.82) is 0 Å². The molecule has 0 aromatic carbocycles. The highest BCUT2D eigenvalue weighted by Crippen LogP contribution is 2.29. The number of carbonyl (C=O) groups excluding carboxylic acids is 3. The van der Waals surface area contributed by atoms with E-state index in [1.54, 1.807) is 16.9 Å². The van der Waals surface area contributed by atoms with Gasteiger partial charge in [0.15, 0.2) is 0 Å². The van der Waals surface area contributed by atoms with Crippen LogP contribution in [0.15, 0.2) is 0 Å². The van der Waals surface area contributed by atoms with Crippen LogP contribution in [0.25, 0.3) is 0 Å². The third-order valence-electron chi connectivity index (χ3n) is 6.66. The zero-order chi connectivity index (χ0) is 22.7. The monoisotopic (exact) mass is 437 g/mol. The molecule has 0 spiro atoms. The zero-order valence-corrected chi connectivity index (χ0v) is 19.7. The number of carbonyl (C=O) groups is 3. The molecule has 0 aromatic rings. The van der Waals surface area contributed by atoms with Crippen molar-refractivity contribution in [2.45, 2.75) is 52.2 Å². The molecule has 0 unspecified atom stereocenters. The minimum Gasteiger partial charge on any atom is -0.383 e. The van der Waals surface area contributed by atoms with E-state index in [1.807, 2.05) is 9.80 Å². The van der Waals surface area contributed by atoms with Gasteiger partial charge in [-0.25, -0.2) is 4.79 Å². The van der Waals surface area contributed by atoms with Gasteiger partial charge in [0.05, 0.1) is 12.6 Å². The first-order valence-corrected chi connectivity index (χ1v) is 11.6. The molecule has 0 saturated carbocycles. The van der Waals surface area contributed by atoms with Crippen molar-refractivity contribution < 1.29 is 19.1 Å². The number of amides is 4. The predicted octanol–water partition coefficient (Wildman–Crippen LogP) is 0.549. The largest absolute Gasteiger partial charge is 0.383 e. The van der Waals surface area contributed by atoms with Gasteiger partial charge in [0.1, 0.15) is 12.6 Å². The van der Waals surface area contributed by atoms with Crippen LogP contribution in [0, 0.1) is 5.92 Å². The average molecular weight is 438 g/mol. The molecule has 0 aliphatic carbocycles. The number of ether oxygens (including phenoxy) is 1. The van der Waals surface area contributed by atoms with E-state index in [1.165, 1.54) is 0 Å². The van der Waals surface area contributed by atoms with E-state index < -0.39 is 6.04 Å². The lowest BCUT2D eigenvalue weighted by molar-refractivity contribution is -0.143. The van der Waals surface area contributed by atoms with E-state index in [4.69, 9.17) is 4.74 Å². The first-order valence-electron chi connectivity index (χ1n) is 11.6. The molecule has 4 amide bonds. The SMILES string of the molecule is COCCN1C[C@@H]2CN(CC(=O)N3CCN(C(C)C)CC3)C(=O)N2[C@@H](CC(C)C)C1=O. The third-order valence-corrected chi connectivity index (χ3v) is 6.66. The van der Waals surface area contributed by atoms with Crippen molar-refractivity contribution in [3.8, 4) is 0 Å². The second kappa shape index (κ2) is 10.2. The van der Waals surface area contributed by atoms with Gasteiger partial charge in [0.2, 0.25) is 11.8 Å². The lowest BCUT2D eigenvalue weighted by atomic mass is 9.97. The Bertz CT molecular complexity index is 662. The van der Waals surface area contributed by atoms with Gasteiger partial charge in [-0.1, -0.05) is 13.8 Å². The maximum absolute atomic E-state index is 13.2. The third kappa shape index (κ3) is 5.31. The van der Waals surface area contributed by atoms with Crippen LogP contribution in [0.3, 0.4) is 0 Å². The van der Waals surface area contributed by atoms with E-state index in [0.29, 0.717) is 51.8 Å². The predicted molar refractivity (Wildman–Crippen MR) is 118 cm³/mol. The van der Waals surface area contributed by atoms with Crippen LogP contribution in [0.4, 0.5) is 4.79 Å². The lowest BCUT2D eigenvalue weighted by Gasteiger charge is -2.42. The number of hydrogen-bond donors (Lipinski definition) is 0. The summed E-state index contributed by atoms with van der Waals surface area (Å²) in [6, 6.07) is -0.233. The molecule has 0 aromatic heterocycles. The van der Waals surface area contributed by atoms with Gasteiger partial charge in [-0.3, -0.25) is 14.5 Å². The van der Waals surface area contributed by atoms with Crippen LogP contribution in [0.5, 0.6) is 0 Å². The lowest BCUT2D eigenvalue weighted by Crippen LogP contribution is -2.62. The standard InChI is InChI=1S/C22H39N5O4/c1-16(2)12-19-21(29)25(10-11-31-5)13-18-14-26(22(30)27(18)19)15-20(28)24-8-6-23(7-9-24)17(3)4/h16-19H,6-15H2,1-5H3/t18-,19+/m1/s1. The summed E-state index contributed by atoms with van der Waals surface area (Å²) in [5.74, 6) is 0.283. The highest BCUT2D eigenvalue weighted by atomic mass is 16.5. The second-order valence-electron chi connectivity index (χ2n) is 9.66. The topological polar surface area (TPSA) is 76.6 Å². The van der Waals surface area contributed by atoms with Gasteiger partial charge in [-0.05, 0) is 26.2 Å². The number of piperazine rings is 2. The molecule has 176 valence electrons. The van der Waals surface area contributed by atoms with Gasteiger partial charge in [0, 0.05) is 59.0 Å². The van der Waals surface area contributed by atoms with E-state index in [-0.39, 0.29) is 36.3 Å². The zero-order valence-electron chi connectivity index (χ0n) is 19.7. The average Bonchev–Trinajstić information content (AvgIpc) is 3.03. The summed E-state index contributed by atoms with van der Waals surface area (Å²) in [4.78, 5) is 48.7. The summed E-state index contributed by atoms with van der Waals surface area (Å²) in [6.07, 6.45) is 0.628. The van der Waals surface area contributed by atoms with Crippen LogP contribution in [0.1, 0.15) is 34.1 Å². The minimum atomic E-state index is -0.460. The van der Waals surface area contributed by atoms with E-state index in [0.717, 1.165) is 13.1 Å². The van der Waals surface area contributed by atoms with Gasteiger partial charge in [-0.2, -0.15) is 0 Å². The Balaban J connectivity index is 1.65. The normalized spacial score (nSPS) is 25.3. The summed E-state index contributed by atoms with van der Waals surface area (Å²) >= 11 is 0. The van der Waals surface area contributed by atoms with Crippen LogP contribution in [0.2, 0.25) is 0 Å². The van der Waals surface area contributed by atoms with Crippen LogP contribution in [-0.2, 0) is 14.3 Å². The fourth-order valence-electron chi connectivity index (χ4n) is 4.89. The van der Waals surface area contributed by atoms with Gasteiger partial charge in [-0.15, -0.1) is 0 Å². The Hall–Kier alpha value is -1.87. The number of fused-ring (bicyclic) bond motifs is 1. The molecule has 0 radical (unpaired) electrons. The molecule has 3 rings (SSSR count). The number of nitrogens with zero attached hydrogens (tertiary/aromatic N) is 5. The van der Waals surface area contributed by atoms with Gasteiger partial charge >= 0.3 is 6.03 Å². The van der Waals surface area contributed by atoms with Crippen LogP contribution < -0.4 is 0 Å². The maximum atomic E-state index is 13.2. The maximum Gasteiger partial charge on any atom is 0.321 e. The van der Waals surface area contributed by atoms with Crippen molar-refractivity contribution in [3.05, 3.63) is 0 Å². The Morgan fingerprint density at radius 2 is 1.68 bits per heavy atom. The van der Waals surface area contributed by atoms with Crippen LogP contribution in [-0.4, -0.2) is 127 Å². The van der Waals surface area contributed by atoms with Gasteiger partial charge < -0.3 is 24.3 Å². The molecule has 3 heterocycles. The van der Waals surface area contributed by atoms with E-state index in [2.05, 4.69) is 32.6 Å². The molecule has 3 fully saturated rings. The Morgan fingerprint density at radius 1 is 1.03 bits per heavy atom. The van der Waals surface area contributed by atoms with Crippen LogP contribution >= 0.6 is 0 Å². The van der Waals surface area contributed by atoms with Crippen molar-refractivity contribution in [3.63, 3.8) is 0 Å². The molecule has 3 aliphatic heterocycles. The second-order valence-corrected chi connectivity index (χ2v) is 9.66. The van der Waals surface area contributed by atoms with Crippen molar-refractivity contribution in [2.75, 3.05) is 66.1 Å². The number of methoxy groups -OCH3 is 1. The molecule has 0 bridgehead atoms. The molecule has 3 aliphatic rings. The van der Waals surface area contributed by atoms with E-state index >= 15 is 0 Å². The summed E-state index contributed by atoms with van der Waals surface area (Å²) < 4.78 is 5.17. The highest BCUT2D eigenvalue weighted by Gasteiger charge is 2.49. The quantitative estimate of drug-likeness (QED) is 0.554. The Kier molecular flexibility index (Phi) is 7.80. The smallest absolute Gasteiger partial charge is 0.321 e. The number of rotatable bonds is 8. The van der Waals surface area contributed by atoms with Crippen molar-refractivity contribution in [2.24, 2.45) is 5.92 Å². The fraction of sp³-hybridized carbons (Fsp3) is 0.864. The summed E-state index contributed by atoms with van der Waals surface area (Å²) in [7, 11) is 1.62. The molecule has 9 nitrogen and oxygen atoms in total. The number of hydrogen-bond acceptors (Lipinski definition) is 5. The molecule has 9 heteroatoms. The van der Waals surface area contributed by atoms with Crippen molar-refractivity contribution >= 4 is 17.8 Å². The van der Waals surface area contributed by atoms with Crippen molar-refractivity contribution in [1.82, 2.24) is 24.5 Å². The minimum absolute atomic E-state index is 0.000390. The summed E-state index contributed by atoms with van der Waals surface area (Å²) in [6.45, 7) is 13.7. The van der Waals surface area contributed by atoms with E-state index in [9.17, 15) is 14.4 Å². The molecule has 31 heavy (non-hydrogen) atoms. The molecule has 2 atom stereocenters. The molecule has 3 saturated heterocycles. The Labute approximate surface area is 186 Å². The molecule has 0 N–H and O–H groups in total. The molecular formula is C22H39N5O4. The van der Waals surface area contributed by atoms with Gasteiger partial charge in [0.25, 0.3) is 0 Å². The first kappa shape index (κ1) is 23.8.